The Hall–Kier alpha value is -3.49. The van der Waals surface area contributed by atoms with Crippen LogP contribution in [0.4, 0.5) is 13.2 Å². The van der Waals surface area contributed by atoms with Crippen molar-refractivity contribution in [2.45, 2.75) is 37.0 Å². The number of piperidine rings is 1. The lowest BCUT2D eigenvalue weighted by atomic mass is 9.64. The predicted molar refractivity (Wildman–Crippen MR) is 148 cm³/mol. The predicted octanol–water partition coefficient (Wildman–Crippen LogP) is 5.00. The molecule has 5 rings (SSSR count). The van der Waals surface area contributed by atoms with E-state index in [0.29, 0.717) is 44.8 Å². The molecule has 2 aliphatic rings. The van der Waals surface area contributed by atoms with Gasteiger partial charge in [-0.3, -0.25) is 14.6 Å². The number of carbonyl (C=O) groups excluding carboxylic acids is 2. The fourth-order valence-electron chi connectivity index (χ4n) is 6.34. The van der Waals surface area contributed by atoms with Gasteiger partial charge in [-0.05, 0) is 42.1 Å². The van der Waals surface area contributed by atoms with Crippen LogP contribution in [0.25, 0.3) is 0 Å². The molecule has 210 valence electrons. The molecule has 3 aromatic carbocycles. The fourth-order valence-corrected chi connectivity index (χ4v) is 6.34. The Balaban J connectivity index is 1.26. The van der Waals surface area contributed by atoms with E-state index in [1.165, 1.54) is 12.1 Å². The molecule has 0 aromatic heterocycles. The van der Waals surface area contributed by atoms with Gasteiger partial charge in [0.15, 0.2) is 0 Å². The van der Waals surface area contributed by atoms with Crippen LogP contribution in [0.2, 0.25) is 0 Å². The van der Waals surface area contributed by atoms with Crippen molar-refractivity contribution in [2.24, 2.45) is 0 Å². The van der Waals surface area contributed by atoms with Crippen LogP contribution in [-0.4, -0.2) is 72.2 Å². The lowest BCUT2D eigenvalue weighted by Crippen LogP contribution is -2.59. The Labute approximate surface area is 233 Å². The first kappa shape index (κ1) is 28.1. The highest BCUT2D eigenvalue weighted by Gasteiger charge is 2.47. The van der Waals surface area contributed by atoms with Crippen molar-refractivity contribution in [3.63, 3.8) is 0 Å². The first-order chi connectivity index (χ1) is 19.3. The number of amides is 1. The Morgan fingerprint density at radius 2 is 1.48 bits per heavy atom. The van der Waals surface area contributed by atoms with Crippen LogP contribution in [0, 0.1) is 0 Å². The fraction of sp³-hybridized carbons (Fsp3) is 0.375. The second-order valence-electron chi connectivity index (χ2n) is 10.7. The molecule has 40 heavy (non-hydrogen) atoms. The van der Waals surface area contributed by atoms with Crippen molar-refractivity contribution in [1.82, 2.24) is 14.7 Å². The van der Waals surface area contributed by atoms with E-state index in [1.54, 1.807) is 6.07 Å². The van der Waals surface area contributed by atoms with Gasteiger partial charge in [0.2, 0.25) is 5.91 Å². The number of aldehydes is 1. The summed E-state index contributed by atoms with van der Waals surface area (Å²) < 4.78 is 39.3. The molecule has 5 nitrogen and oxygen atoms in total. The highest BCUT2D eigenvalue weighted by Crippen LogP contribution is 2.44. The lowest BCUT2D eigenvalue weighted by molar-refractivity contribution is -0.138. The van der Waals surface area contributed by atoms with Crippen LogP contribution in [0.3, 0.4) is 0 Å². The van der Waals surface area contributed by atoms with Gasteiger partial charge in [-0.2, -0.15) is 13.2 Å². The zero-order valence-electron chi connectivity index (χ0n) is 22.4. The zero-order valence-corrected chi connectivity index (χ0v) is 22.4. The minimum absolute atomic E-state index is 0.0255. The summed E-state index contributed by atoms with van der Waals surface area (Å²) in [5, 5.41) is 0. The molecule has 1 amide bonds. The molecule has 2 aliphatic heterocycles. The number of alkyl halides is 3. The Morgan fingerprint density at radius 3 is 2.05 bits per heavy atom. The minimum atomic E-state index is -4.37. The third kappa shape index (κ3) is 5.83. The van der Waals surface area contributed by atoms with Gasteiger partial charge in [-0.1, -0.05) is 78.9 Å². The third-order valence-corrected chi connectivity index (χ3v) is 8.35. The van der Waals surface area contributed by atoms with E-state index in [4.69, 9.17) is 0 Å². The van der Waals surface area contributed by atoms with Gasteiger partial charge in [-0.15, -0.1) is 0 Å². The summed E-state index contributed by atoms with van der Waals surface area (Å²) >= 11 is 0. The maximum absolute atomic E-state index is 13.5. The van der Waals surface area contributed by atoms with Crippen LogP contribution in [-0.2, 0) is 27.7 Å². The van der Waals surface area contributed by atoms with E-state index in [2.05, 4.69) is 29.2 Å². The Morgan fingerprint density at radius 1 is 0.850 bits per heavy atom. The molecule has 0 bridgehead atoms. The molecule has 0 radical (unpaired) electrons. The van der Waals surface area contributed by atoms with Crippen LogP contribution >= 0.6 is 0 Å². The second kappa shape index (κ2) is 11.9. The molecular weight excluding hydrogens is 515 g/mol. The molecule has 8 heteroatoms. The number of rotatable bonds is 7. The van der Waals surface area contributed by atoms with Crippen molar-refractivity contribution < 1.29 is 22.8 Å². The molecule has 0 N–H and O–H groups in total. The Bertz CT molecular complexity index is 1250. The van der Waals surface area contributed by atoms with Crippen molar-refractivity contribution >= 4 is 12.2 Å². The summed E-state index contributed by atoms with van der Waals surface area (Å²) in [6, 6.07) is 25.1. The van der Waals surface area contributed by atoms with Crippen molar-refractivity contribution in [3.05, 3.63) is 107 Å². The number of piperazine rings is 1. The maximum atomic E-state index is 13.5. The average Bonchev–Trinajstić information content (AvgIpc) is 2.98. The number of hydrogen-bond acceptors (Lipinski definition) is 4. The molecule has 2 heterocycles. The molecule has 2 fully saturated rings. The SMILES string of the molecule is O=CC1N(CC(=O)N2CCN(Cc3cccc(C(F)(F)F)c3)CC2)CCCC1(c1ccccc1)c1ccccc1. The average molecular weight is 550 g/mol. The van der Waals surface area contributed by atoms with E-state index in [1.807, 2.05) is 46.2 Å². The van der Waals surface area contributed by atoms with Gasteiger partial charge < -0.3 is 9.69 Å². The largest absolute Gasteiger partial charge is 0.416 e. The smallest absolute Gasteiger partial charge is 0.339 e. The molecule has 2 saturated heterocycles. The van der Waals surface area contributed by atoms with E-state index >= 15 is 0 Å². The van der Waals surface area contributed by atoms with Crippen molar-refractivity contribution in [3.8, 4) is 0 Å². The van der Waals surface area contributed by atoms with E-state index in [0.717, 1.165) is 36.3 Å². The van der Waals surface area contributed by atoms with Crippen LogP contribution in [0.1, 0.15) is 35.1 Å². The van der Waals surface area contributed by atoms with Crippen LogP contribution in [0.15, 0.2) is 84.9 Å². The van der Waals surface area contributed by atoms with Crippen molar-refractivity contribution in [2.75, 3.05) is 39.3 Å². The van der Waals surface area contributed by atoms with Crippen LogP contribution in [0.5, 0.6) is 0 Å². The first-order valence-corrected chi connectivity index (χ1v) is 13.8. The van der Waals surface area contributed by atoms with E-state index in [-0.39, 0.29) is 12.5 Å². The van der Waals surface area contributed by atoms with Gasteiger partial charge in [0.25, 0.3) is 0 Å². The van der Waals surface area contributed by atoms with Crippen LogP contribution < -0.4 is 0 Å². The van der Waals surface area contributed by atoms with Gasteiger partial charge in [0.1, 0.15) is 6.29 Å². The summed E-state index contributed by atoms with van der Waals surface area (Å²) in [7, 11) is 0. The number of likely N-dealkylation sites (tertiary alicyclic amines) is 1. The molecule has 0 aliphatic carbocycles. The number of hydrogen-bond donors (Lipinski definition) is 0. The third-order valence-electron chi connectivity index (χ3n) is 8.35. The number of nitrogens with zero attached hydrogens (tertiary/aromatic N) is 3. The molecular formula is C32H34F3N3O2. The second-order valence-corrected chi connectivity index (χ2v) is 10.7. The van der Waals surface area contributed by atoms with Gasteiger partial charge in [-0.25, -0.2) is 0 Å². The number of benzene rings is 3. The molecule has 3 aromatic rings. The minimum Gasteiger partial charge on any atom is -0.339 e. The number of halogens is 3. The highest BCUT2D eigenvalue weighted by molar-refractivity contribution is 5.79. The highest BCUT2D eigenvalue weighted by atomic mass is 19.4. The topological polar surface area (TPSA) is 43.9 Å². The van der Waals surface area contributed by atoms with E-state index in [9.17, 15) is 22.8 Å². The van der Waals surface area contributed by atoms with E-state index < -0.39 is 23.2 Å². The van der Waals surface area contributed by atoms with Gasteiger partial charge in [0.05, 0.1) is 18.2 Å². The van der Waals surface area contributed by atoms with Gasteiger partial charge in [0, 0.05) is 38.1 Å². The lowest BCUT2D eigenvalue weighted by Gasteiger charge is -2.49. The standard InChI is InChI=1S/C32H34F3N3O2/c33-32(34,35)28-14-7-9-25(21-28)22-36-17-19-37(20-18-36)30(40)23-38-16-8-15-31(29(38)24-39,26-10-3-1-4-11-26)27-12-5-2-6-13-27/h1-7,9-14,21,24,29H,8,15-20,22-23H2. The first-order valence-electron chi connectivity index (χ1n) is 13.8. The molecule has 0 saturated carbocycles. The molecule has 1 unspecified atom stereocenters. The summed E-state index contributed by atoms with van der Waals surface area (Å²) in [5.41, 5.74) is 1.55. The normalized spacial score (nSPS) is 20.3. The Kier molecular flexibility index (Phi) is 8.38. The number of carbonyl (C=O) groups is 2. The van der Waals surface area contributed by atoms with Gasteiger partial charge >= 0.3 is 6.18 Å². The zero-order chi connectivity index (χ0) is 28.2. The van der Waals surface area contributed by atoms with Crippen molar-refractivity contribution in [1.29, 1.82) is 0 Å². The maximum Gasteiger partial charge on any atom is 0.416 e. The molecule has 1 atom stereocenters. The monoisotopic (exact) mass is 549 g/mol. The summed E-state index contributed by atoms with van der Waals surface area (Å²) in [6.45, 7) is 3.38. The molecule has 0 spiro atoms. The quantitative estimate of drug-likeness (QED) is 0.389. The summed E-state index contributed by atoms with van der Waals surface area (Å²) in [5.74, 6) is -0.0255. The summed E-state index contributed by atoms with van der Waals surface area (Å²) in [4.78, 5) is 32.1. The summed E-state index contributed by atoms with van der Waals surface area (Å²) in [6.07, 6.45) is -1.71.